The summed E-state index contributed by atoms with van der Waals surface area (Å²) in [6.45, 7) is 1.61. The molecule has 180 valence electrons. The van der Waals surface area contributed by atoms with E-state index in [1.807, 2.05) is 0 Å². The van der Waals surface area contributed by atoms with Crippen molar-refractivity contribution in [3.8, 4) is 0 Å². The van der Waals surface area contributed by atoms with Crippen LogP contribution in [0.25, 0.3) is 0 Å². The van der Waals surface area contributed by atoms with E-state index in [0.717, 1.165) is 0 Å². The third-order valence-electron chi connectivity index (χ3n) is 4.55. The van der Waals surface area contributed by atoms with Gasteiger partial charge in [0.25, 0.3) is 11.6 Å². The molecule has 0 radical (unpaired) electrons. The molecule has 34 heavy (non-hydrogen) atoms. The number of hydrogen-bond donors (Lipinski definition) is 1. The Bertz CT molecular complexity index is 1090. The Labute approximate surface area is 200 Å². The molecule has 0 aliphatic rings. The molecule has 2 rings (SSSR count). The number of carbonyl (C=O) groups is 4. The Morgan fingerprint density at radius 3 is 2.41 bits per heavy atom. The first-order valence-electron chi connectivity index (χ1n) is 10.3. The van der Waals surface area contributed by atoms with E-state index in [-0.39, 0.29) is 47.9 Å². The standard InChI is InChI=1S/C23H24N2O8S/c1-3-32-21(27)9-6-12-24-20(26)14-33-23(29)17-8-5-4-7-16(17)22(28)15-10-11-19(34-2)18(13-15)25(30)31/h4-5,7-8,10-11,13H,3,6,9,12,14H2,1-2H3,(H,24,26). The molecule has 0 bridgehead atoms. The molecule has 11 heteroatoms. The van der Waals surface area contributed by atoms with Crippen LogP contribution in [-0.4, -0.2) is 54.6 Å². The topological polar surface area (TPSA) is 142 Å². The fourth-order valence-electron chi connectivity index (χ4n) is 2.94. The van der Waals surface area contributed by atoms with Crippen LogP contribution in [0.15, 0.2) is 47.4 Å². The number of ether oxygens (including phenoxy) is 2. The Morgan fingerprint density at radius 2 is 1.76 bits per heavy atom. The summed E-state index contributed by atoms with van der Waals surface area (Å²) < 4.78 is 9.81. The molecule has 2 aromatic rings. The van der Waals surface area contributed by atoms with E-state index in [2.05, 4.69) is 5.32 Å². The van der Waals surface area contributed by atoms with E-state index >= 15 is 0 Å². The summed E-state index contributed by atoms with van der Waals surface area (Å²) in [5.74, 6) is -2.41. The summed E-state index contributed by atoms with van der Waals surface area (Å²) in [6, 6.07) is 9.95. The Hall–Kier alpha value is -3.73. The summed E-state index contributed by atoms with van der Waals surface area (Å²) in [6.07, 6.45) is 2.21. The van der Waals surface area contributed by atoms with Gasteiger partial charge in [-0.25, -0.2) is 4.79 Å². The van der Waals surface area contributed by atoms with Crippen molar-refractivity contribution in [3.63, 3.8) is 0 Å². The van der Waals surface area contributed by atoms with E-state index < -0.39 is 29.2 Å². The van der Waals surface area contributed by atoms with Crippen molar-refractivity contribution < 1.29 is 33.6 Å². The highest BCUT2D eigenvalue weighted by Crippen LogP contribution is 2.29. The second kappa shape index (κ2) is 13.1. The van der Waals surface area contributed by atoms with Gasteiger partial charge in [0.1, 0.15) is 0 Å². The number of hydrogen-bond acceptors (Lipinski definition) is 9. The molecule has 0 unspecified atom stereocenters. The number of thioether (sulfide) groups is 1. The van der Waals surface area contributed by atoms with Crippen LogP contribution in [0.3, 0.4) is 0 Å². The van der Waals surface area contributed by atoms with Gasteiger partial charge in [0.15, 0.2) is 12.4 Å². The average Bonchev–Trinajstić information content (AvgIpc) is 2.84. The smallest absolute Gasteiger partial charge is 0.339 e. The summed E-state index contributed by atoms with van der Waals surface area (Å²) in [7, 11) is 0. The van der Waals surface area contributed by atoms with Gasteiger partial charge in [0.05, 0.1) is 22.0 Å². The number of amides is 1. The number of nitrogens with one attached hydrogen (secondary N) is 1. The van der Waals surface area contributed by atoms with Crippen molar-refractivity contribution >= 4 is 41.1 Å². The lowest BCUT2D eigenvalue weighted by molar-refractivity contribution is -0.387. The van der Waals surface area contributed by atoms with E-state index in [0.29, 0.717) is 11.3 Å². The minimum absolute atomic E-state index is 0.00598. The van der Waals surface area contributed by atoms with Crippen LogP contribution in [0.1, 0.15) is 46.0 Å². The van der Waals surface area contributed by atoms with Gasteiger partial charge in [-0.3, -0.25) is 24.5 Å². The SMILES string of the molecule is CCOC(=O)CCCNC(=O)COC(=O)c1ccccc1C(=O)c1ccc(SC)c([N+](=O)[O-])c1. The molecule has 0 saturated heterocycles. The van der Waals surface area contributed by atoms with Gasteiger partial charge in [-0.2, -0.15) is 0 Å². The van der Waals surface area contributed by atoms with Crippen molar-refractivity contribution in [1.82, 2.24) is 5.32 Å². The number of nitrogens with zero attached hydrogens (tertiary/aromatic N) is 1. The van der Waals surface area contributed by atoms with Crippen molar-refractivity contribution in [1.29, 1.82) is 0 Å². The molecule has 0 saturated carbocycles. The second-order valence-electron chi connectivity index (χ2n) is 6.85. The minimum Gasteiger partial charge on any atom is -0.466 e. The first-order chi connectivity index (χ1) is 16.3. The fourth-order valence-corrected chi connectivity index (χ4v) is 3.49. The molecule has 1 amide bonds. The number of rotatable bonds is 12. The van der Waals surface area contributed by atoms with Crippen molar-refractivity contribution in [3.05, 3.63) is 69.3 Å². The van der Waals surface area contributed by atoms with Crippen LogP contribution in [0.5, 0.6) is 0 Å². The number of nitro benzene ring substituents is 1. The van der Waals surface area contributed by atoms with Crippen molar-refractivity contribution in [2.45, 2.75) is 24.7 Å². The lowest BCUT2D eigenvalue weighted by atomic mass is 9.98. The van der Waals surface area contributed by atoms with Crippen molar-refractivity contribution in [2.75, 3.05) is 26.0 Å². The number of ketones is 1. The van der Waals surface area contributed by atoms with Gasteiger partial charge >= 0.3 is 11.9 Å². The van der Waals surface area contributed by atoms with Crippen LogP contribution >= 0.6 is 11.8 Å². The van der Waals surface area contributed by atoms with E-state index in [1.165, 1.54) is 48.2 Å². The second-order valence-corrected chi connectivity index (χ2v) is 7.70. The maximum atomic E-state index is 13.0. The average molecular weight is 489 g/mol. The van der Waals surface area contributed by atoms with Crippen LogP contribution in [0, 0.1) is 10.1 Å². The Balaban J connectivity index is 2.03. The third kappa shape index (κ3) is 7.41. The van der Waals surface area contributed by atoms with Crippen LogP contribution in [0.2, 0.25) is 0 Å². The molecule has 0 aliphatic heterocycles. The zero-order valence-electron chi connectivity index (χ0n) is 18.7. The highest BCUT2D eigenvalue weighted by atomic mass is 32.2. The summed E-state index contributed by atoms with van der Waals surface area (Å²) in [5.41, 5.74) is -0.241. The molecule has 0 heterocycles. The molecular weight excluding hydrogens is 464 g/mol. The van der Waals surface area contributed by atoms with Crippen LogP contribution < -0.4 is 5.32 Å². The van der Waals surface area contributed by atoms with E-state index in [9.17, 15) is 29.3 Å². The summed E-state index contributed by atoms with van der Waals surface area (Å²) in [4.78, 5) is 59.9. The number of benzene rings is 2. The van der Waals surface area contributed by atoms with Gasteiger partial charge in [0, 0.05) is 30.2 Å². The van der Waals surface area contributed by atoms with Gasteiger partial charge in [0.2, 0.25) is 0 Å². The molecule has 0 spiro atoms. The largest absolute Gasteiger partial charge is 0.466 e. The molecule has 0 aliphatic carbocycles. The number of esters is 2. The van der Waals surface area contributed by atoms with Crippen molar-refractivity contribution in [2.24, 2.45) is 0 Å². The first kappa shape index (κ1) is 26.5. The Morgan fingerprint density at radius 1 is 1.06 bits per heavy atom. The van der Waals surface area contributed by atoms with Gasteiger partial charge in [-0.05, 0) is 37.8 Å². The highest BCUT2D eigenvalue weighted by Gasteiger charge is 2.23. The zero-order valence-corrected chi connectivity index (χ0v) is 19.5. The summed E-state index contributed by atoms with van der Waals surface area (Å²) >= 11 is 1.18. The van der Waals surface area contributed by atoms with Crippen LogP contribution in [-0.2, 0) is 19.1 Å². The predicted molar refractivity (Wildman–Crippen MR) is 124 cm³/mol. The minimum atomic E-state index is -0.888. The molecule has 0 aromatic heterocycles. The van der Waals surface area contributed by atoms with E-state index in [1.54, 1.807) is 19.2 Å². The molecule has 10 nitrogen and oxygen atoms in total. The Kier molecular flexibility index (Phi) is 10.2. The number of carbonyl (C=O) groups excluding carboxylic acids is 4. The first-order valence-corrected chi connectivity index (χ1v) is 11.6. The maximum Gasteiger partial charge on any atom is 0.339 e. The predicted octanol–water partition coefficient (Wildman–Crippen LogP) is 3.16. The number of nitro groups is 1. The van der Waals surface area contributed by atoms with Crippen LogP contribution in [0.4, 0.5) is 5.69 Å². The fraction of sp³-hybridized carbons (Fsp3) is 0.304. The molecule has 2 aromatic carbocycles. The lowest BCUT2D eigenvalue weighted by Gasteiger charge is -2.10. The van der Waals surface area contributed by atoms with Gasteiger partial charge in [-0.1, -0.05) is 18.2 Å². The third-order valence-corrected chi connectivity index (χ3v) is 5.33. The molecule has 0 fully saturated rings. The van der Waals surface area contributed by atoms with Gasteiger partial charge < -0.3 is 14.8 Å². The molecule has 1 N–H and O–H groups in total. The zero-order chi connectivity index (χ0) is 25.1. The quantitative estimate of drug-likeness (QED) is 0.119. The van der Waals surface area contributed by atoms with E-state index in [4.69, 9.17) is 9.47 Å². The van der Waals surface area contributed by atoms with Gasteiger partial charge in [-0.15, -0.1) is 11.8 Å². The molecular formula is C23H24N2O8S. The summed E-state index contributed by atoms with van der Waals surface area (Å²) in [5, 5.41) is 13.8. The highest BCUT2D eigenvalue weighted by molar-refractivity contribution is 7.98. The lowest BCUT2D eigenvalue weighted by Crippen LogP contribution is -2.30. The maximum absolute atomic E-state index is 13.0. The normalized spacial score (nSPS) is 10.3. The molecule has 0 atom stereocenters. The monoisotopic (exact) mass is 488 g/mol.